The second-order valence-electron chi connectivity index (χ2n) is 5.95. The first-order valence-corrected chi connectivity index (χ1v) is 8.66. The molecular formula is C20H24O6. The molecule has 0 N–H and O–H groups in total. The van der Waals surface area contributed by atoms with Crippen molar-refractivity contribution in [3.63, 3.8) is 0 Å². The fourth-order valence-electron chi connectivity index (χ4n) is 2.39. The lowest BCUT2D eigenvalue weighted by Crippen LogP contribution is -2.16. The summed E-state index contributed by atoms with van der Waals surface area (Å²) in [6, 6.07) is 5.13. The quantitative estimate of drug-likeness (QED) is 0.303. The molecule has 6 nitrogen and oxygen atoms in total. The summed E-state index contributed by atoms with van der Waals surface area (Å²) in [5.41, 5.74) is -0.463. The van der Waals surface area contributed by atoms with Gasteiger partial charge in [0.2, 0.25) is 0 Å². The van der Waals surface area contributed by atoms with Gasteiger partial charge in [0.05, 0.1) is 12.7 Å². The summed E-state index contributed by atoms with van der Waals surface area (Å²) in [6.45, 7) is 7.37. The summed E-state index contributed by atoms with van der Waals surface area (Å²) in [5, 5.41) is 0.469. The number of carbonyl (C=O) groups is 1. The molecule has 140 valence electrons. The Morgan fingerprint density at radius 1 is 1.23 bits per heavy atom. The highest BCUT2D eigenvalue weighted by molar-refractivity contribution is 5.92. The van der Waals surface area contributed by atoms with Gasteiger partial charge in [-0.3, -0.25) is 4.79 Å². The Morgan fingerprint density at radius 2 is 2.00 bits per heavy atom. The predicted molar refractivity (Wildman–Crippen MR) is 99.1 cm³/mol. The summed E-state index contributed by atoms with van der Waals surface area (Å²) in [4.78, 5) is 23.6. The number of fused-ring (bicyclic) bond motifs is 1. The number of carbonyl (C=O) groups excluding carboxylic acids is 1. The number of esters is 1. The number of hydrogen-bond acceptors (Lipinski definition) is 6. The monoisotopic (exact) mass is 360 g/mol. The van der Waals surface area contributed by atoms with Gasteiger partial charge in [-0.15, -0.1) is 0 Å². The Labute approximate surface area is 152 Å². The highest BCUT2D eigenvalue weighted by atomic mass is 16.6. The largest absolute Gasteiger partial charge is 0.492 e. The van der Waals surface area contributed by atoms with Crippen LogP contribution in [-0.4, -0.2) is 18.7 Å². The summed E-state index contributed by atoms with van der Waals surface area (Å²) in [5.74, 6) is -0.240. The van der Waals surface area contributed by atoms with Gasteiger partial charge < -0.3 is 18.6 Å². The molecule has 0 saturated carbocycles. The van der Waals surface area contributed by atoms with Crippen molar-refractivity contribution in [3.05, 3.63) is 40.8 Å². The van der Waals surface area contributed by atoms with Crippen LogP contribution in [0.1, 0.15) is 40.5 Å². The van der Waals surface area contributed by atoms with Crippen molar-refractivity contribution in [2.45, 2.75) is 46.6 Å². The fraction of sp³-hybridized carbons (Fsp3) is 0.400. The molecule has 1 aromatic heterocycles. The molecule has 0 aliphatic carbocycles. The van der Waals surface area contributed by atoms with E-state index < -0.39 is 11.6 Å². The van der Waals surface area contributed by atoms with Crippen molar-refractivity contribution in [2.24, 2.45) is 0 Å². The zero-order valence-corrected chi connectivity index (χ0v) is 15.5. The number of allylic oxidation sites excluding steroid dienone is 1. The fourth-order valence-corrected chi connectivity index (χ4v) is 2.39. The Morgan fingerprint density at radius 3 is 2.65 bits per heavy atom. The maximum absolute atomic E-state index is 12.2. The van der Waals surface area contributed by atoms with Crippen molar-refractivity contribution in [3.8, 4) is 17.2 Å². The molecule has 0 aliphatic heterocycles. The third-order valence-electron chi connectivity index (χ3n) is 3.35. The molecule has 2 rings (SSSR count). The van der Waals surface area contributed by atoms with Crippen LogP contribution < -0.4 is 19.8 Å². The zero-order valence-electron chi connectivity index (χ0n) is 15.5. The van der Waals surface area contributed by atoms with Crippen LogP contribution in [0.4, 0.5) is 0 Å². The molecule has 0 unspecified atom stereocenters. The molecule has 6 heteroatoms. The minimum atomic E-state index is -0.772. The standard InChI is InChI=1S/C20H24O6/c1-5-6-7-8-12-23-15-10-9-11-16-17(15)18(24-13(2)3)19(20(22)26-16)25-14(4)21/h6-7,9-11,13H,5,8,12H2,1-4H3/b7-6+. The molecule has 0 fully saturated rings. The highest BCUT2D eigenvalue weighted by Gasteiger charge is 2.23. The van der Waals surface area contributed by atoms with Crippen LogP contribution in [0.15, 0.2) is 39.6 Å². The van der Waals surface area contributed by atoms with Crippen LogP contribution >= 0.6 is 0 Å². The summed E-state index contributed by atoms with van der Waals surface area (Å²) in [6.07, 6.45) is 5.59. The van der Waals surface area contributed by atoms with Crippen LogP contribution in [0.5, 0.6) is 17.2 Å². The van der Waals surface area contributed by atoms with Gasteiger partial charge in [0.1, 0.15) is 16.7 Å². The van der Waals surface area contributed by atoms with Gasteiger partial charge in [0.25, 0.3) is 5.75 Å². The van der Waals surface area contributed by atoms with Crippen LogP contribution in [-0.2, 0) is 4.79 Å². The van der Waals surface area contributed by atoms with E-state index in [-0.39, 0.29) is 17.6 Å². The number of benzene rings is 1. The molecule has 0 bridgehead atoms. The molecule has 1 aromatic carbocycles. The molecule has 0 spiro atoms. The normalized spacial score (nSPS) is 11.3. The molecule has 0 atom stereocenters. The topological polar surface area (TPSA) is 75.0 Å². The zero-order chi connectivity index (χ0) is 19.1. The summed E-state index contributed by atoms with van der Waals surface area (Å²) >= 11 is 0. The van der Waals surface area contributed by atoms with Crippen molar-refractivity contribution in [1.82, 2.24) is 0 Å². The van der Waals surface area contributed by atoms with Crippen molar-refractivity contribution in [1.29, 1.82) is 0 Å². The van der Waals surface area contributed by atoms with Crippen molar-refractivity contribution in [2.75, 3.05) is 6.61 Å². The van der Waals surface area contributed by atoms with E-state index in [1.54, 1.807) is 18.2 Å². The molecule has 26 heavy (non-hydrogen) atoms. The first-order valence-electron chi connectivity index (χ1n) is 8.66. The van der Waals surface area contributed by atoms with E-state index in [1.165, 1.54) is 6.92 Å². The lowest BCUT2D eigenvalue weighted by atomic mass is 10.2. The van der Waals surface area contributed by atoms with Gasteiger partial charge in [-0.1, -0.05) is 25.1 Å². The van der Waals surface area contributed by atoms with Gasteiger partial charge in [-0.25, -0.2) is 4.79 Å². The molecule has 0 radical (unpaired) electrons. The van der Waals surface area contributed by atoms with Gasteiger partial charge in [0.15, 0.2) is 5.75 Å². The van der Waals surface area contributed by atoms with E-state index in [0.717, 1.165) is 12.8 Å². The van der Waals surface area contributed by atoms with Crippen LogP contribution in [0, 0.1) is 0 Å². The Hall–Kier alpha value is -2.76. The number of rotatable bonds is 8. The summed E-state index contributed by atoms with van der Waals surface area (Å²) in [7, 11) is 0. The number of hydrogen-bond donors (Lipinski definition) is 0. The average molecular weight is 360 g/mol. The van der Waals surface area contributed by atoms with Gasteiger partial charge in [-0.05, 0) is 38.8 Å². The third-order valence-corrected chi connectivity index (χ3v) is 3.35. The highest BCUT2D eigenvalue weighted by Crippen LogP contribution is 2.39. The second kappa shape index (κ2) is 9.08. The molecule has 0 saturated heterocycles. The van der Waals surface area contributed by atoms with Gasteiger partial charge >= 0.3 is 11.6 Å². The van der Waals surface area contributed by atoms with Gasteiger partial charge in [0, 0.05) is 6.92 Å². The molecular weight excluding hydrogens is 336 g/mol. The second-order valence-corrected chi connectivity index (χ2v) is 5.95. The van der Waals surface area contributed by atoms with Crippen molar-refractivity contribution >= 4 is 16.9 Å². The van der Waals surface area contributed by atoms with E-state index in [4.69, 9.17) is 18.6 Å². The van der Waals surface area contributed by atoms with Gasteiger partial charge in [-0.2, -0.15) is 0 Å². The average Bonchev–Trinajstić information content (AvgIpc) is 2.57. The Balaban J connectivity index is 2.53. The minimum absolute atomic E-state index is 0.154. The lowest BCUT2D eigenvalue weighted by Gasteiger charge is -2.17. The van der Waals surface area contributed by atoms with Crippen LogP contribution in [0.25, 0.3) is 11.0 Å². The summed E-state index contributed by atoms with van der Waals surface area (Å²) < 4.78 is 22.0. The van der Waals surface area contributed by atoms with Crippen LogP contribution in [0.2, 0.25) is 0 Å². The Kier molecular flexibility index (Phi) is 6.83. The smallest absolute Gasteiger partial charge is 0.383 e. The minimum Gasteiger partial charge on any atom is -0.492 e. The van der Waals surface area contributed by atoms with Crippen molar-refractivity contribution < 1.29 is 23.4 Å². The third kappa shape index (κ3) is 4.88. The van der Waals surface area contributed by atoms with E-state index >= 15 is 0 Å². The molecule has 2 aromatic rings. The van der Waals surface area contributed by atoms with E-state index in [2.05, 4.69) is 13.0 Å². The Bertz CT molecular complexity index is 847. The van der Waals surface area contributed by atoms with E-state index in [9.17, 15) is 9.59 Å². The molecule has 1 heterocycles. The van der Waals surface area contributed by atoms with E-state index in [1.807, 2.05) is 19.9 Å². The maximum Gasteiger partial charge on any atom is 0.383 e. The predicted octanol–water partition coefficient (Wildman–Crippen LogP) is 4.24. The number of ether oxygens (including phenoxy) is 3. The molecule has 0 aliphatic rings. The van der Waals surface area contributed by atoms with E-state index in [0.29, 0.717) is 23.3 Å². The molecule has 0 amide bonds. The SMILES string of the molecule is CC/C=C/CCOc1cccc2oc(=O)c(OC(C)=O)c(OC(C)C)c12. The lowest BCUT2D eigenvalue weighted by molar-refractivity contribution is -0.132. The van der Waals surface area contributed by atoms with Crippen LogP contribution in [0.3, 0.4) is 0 Å². The first kappa shape index (κ1) is 19.6. The first-order chi connectivity index (χ1) is 12.4. The maximum atomic E-state index is 12.2.